The predicted octanol–water partition coefficient (Wildman–Crippen LogP) is 11.9. The van der Waals surface area contributed by atoms with Crippen molar-refractivity contribution < 1.29 is 4.42 Å². The molecule has 0 aliphatic heterocycles. The summed E-state index contributed by atoms with van der Waals surface area (Å²) in [5, 5.41) is 17.1. The number of aromatic nitrogens is 2. The van der Waals surface area contributed by atoms with Crippen LogP contribution in [0.15, 0.2) is 150 Å². The van der Waals surface area contributed by atoms with Crippen LogP contribution in [-0.2, 0) is 0 Å². The minimum atomic E-state index is 0.481. The highest BCUT2D eigenvalue weighted by molar-refractivity contribution is 6.24. The fourth-order valence-corrected chi connectivity index (χ4v) is 7.73. The predicted molar refractivity (Wildman–Crippen MR) is 199 cm³/mol. The van der Waals surface area contributed by atoms with Crippen molar-refractivity contribution in [2.24, 2.45) is 0 Å². The first-order chi connectivity index (χ1) is 24.2. The Morgan fingerprint density at radius 2 is 1.16 bits per heavy atom. The van der Waals surface area contributed by atoms with Crippen LogP contribution in [0.25, 0.3) is 92.9 Å². The van der Waals surface area contributed by atoms with Gasteiger partial charge in [0.2, 0.25) is 0 Å². The highest BCUT2D eigenvalue weighted by atomic mass is 16.3. The second-order valence-corrected chi connectivity index (χ2v) is 12.3. The van der Waals surface area contributed by atoms with E-state index in [1.807, 2.05) is 30.3 Å². The maximum absolute atomic E-state index is 10.6. The van der Waals surface area contributed by atoms with E-state index in [0.29, 0.717) is 16.9 Å². The van der Waals surface area contributed by atoms with E-state index in [2.05, 4.69) is 123 Å². The summed E-state index contributed by atoms with van der Waals surface area (Å²) in [6.45, 7) is 8.23. The molecule has 0 saturated heterocycles. The molecule has 3 aromatic heterocycles. The minimum Gasteiger partial charge on any atom is -0.455 e. The lowest BCUT2D eigenvalue weighted by molar-refractivity contribution is 0.673. The Morgan fingerprint density at radius 3 is 1.84 bits per heavy atom. The van der Waals surface area contributed by atoms with Crippen molar-refractivity contribution in [1.82, 2.24) is 9.13 Å². The molecule has 7 aromatic carbocycles. The third-order valence-electron chi connectivity index (χ3n) is 9.79. The molecule has 10 aromatic rings. The summed E-state index contributed by atoms with van der Waals surface area (Å²) in [6, 6.07) is 51.8. The van der Waals surface area contributed by atoms with Crippen molar-refractivity contribution in [2.75, 3.05) is 0 Å². The normalized spacial score (nSPS) is 11.6. The third-order valence-corrected chi connectivity index (χ3v) is 9.79. The quantitative estimate of drug-likeness (QED) is 0.184. The minimum absolute atomic E-state index is 0.481. The van der Waals surface area contributed by atoms with Crippen molar-refractivity contribution in [3.8, 4) is 28.6 Å². The first-order valence-electron chi connectivity index (χ1n) is 16.1. The maximum atomic E-state index is 10.6. The van der Waals surface area contributed by atoms with Crippen LogP contribution in [0.3, 0.4) is 0 Å². The van der Waals surface area contributed by atoms with E-state index in [-0.39, 0.29) is 0 Å². The summed E-state index contributed by atoms with van der Waals surface area (Å²) in [7, 11) is 0. The Bertz CT molecular complexity index is 3020. The van der Waals surface area contributed by atoms with Gasteiger partial charge in [-0.05, 0) is 54.1 Å². The average Bonchev–Trinajstić information content (AvgIpc) is 3.82. The van der Waals surface area contributed by atoms with E-state index >= 15 is 0 Å². The molecule has 0 aliphatic rings. The van der Waals surface area contributed by atoms with Crippen molar-refractivity contribution in [1.29, 1.82) is 5.26 Å². The number of nitrogens with zero attached hydrogens (tertiary/aromatic N) is 4. The standard InChI is InChI=1S/C44H24N4O/c1-46-35-24-20-28(26-45)43(41(35)27-18-21-29(22-19-27)47-36-14-6-2-10-30(36)31-11-3-7-15-37(31)47)48-38-16-8-4-13-34(38)42-39(48)25-23-33-32-12-5-9-17-40(32)49-44(33)42/h2-25H. The number of hydrogen-bond acceptors (Lipinski definition) is 2. The Kier molecular flexibility index (Phi) is 5.64. The second-order valence-electron chi connectivity index (χ2n) is 12.3. The molecule has 0 amide bonds. The second kappa shape index (κ2) is 10.2. The summed E-state index contributed by atoms with van der Waals surface area (Å²) in [5.41, 5.74) is 10.0. The SMILES string of the molecule is [C-]#[N+]c1ccc(C#N)c(-n2c3ccccc3c3c4oc5ccccc5c4ccc32)c1-c1ccc(-n2c3ccccc3c3ccccc32)cc1. The van der Waals surface area contributed by atoms with E-state index in [1.54, 1.807) is 12.1 Å². The molecule has 5 heteroatoms. The Balaban J connectivity index is 1.26. The topological polar surface area (TPSA) is 51.1 Å². The van der Waals surface area contributed by atoms with Gasteiger partial charge in [0.15, 0.2) is 5.69 Å². The molecule has 226 valence electrons. The van der Waals surface area contributed by atoms with Crippen LogP contribution >= 0.6 is 0 Å². The highest BCUT2D eigenvalue weighted by Crippen LogP contribution is 2.45. The number of fused-ring (bicyclic) bond motifs is 10. The van der Waals surface area contributed by atoms with Gasteiger partial charge in [-0.25, -0.2) is 4.85 Å². The third kappa shape index (κ3) is 3.73. The zero-order valence-electron chi connectivity index (χ0n) is 26.1. The molecular weight excluding hydrogens is 601 g/mol. The molecule has 0 unspecified atom stereocenters. The van der Waals surface area contributed by atoms with E-state index in [1.165, 1.54) is 10.8 Å². The van der Waals surface area contributed by atoms with Gasteiger partial charge in [-0.15, -0.1) is 0 Å². The lowest BCUT2D eigenvalue weighted by Crippen LogP contribution is -2.01. The summed E-state index contributed by atoms with van der Waals surface area (Å²) < 4.78 is 10.9. The molecule has 0 bridgehead atoms. The molecule has 0 atom stereocenters. The lowest BCUT2D eigenvalue weighted by atomic mass is 9.97. The molecule has 0 aliphatic carbocycles. The monoisotopic (exact) mass is 624 g/mol. The molecule has 0 fully saturated rings. The first-order valence-corrected chi connectivity index (χ1v) is 16.1. The van der Waals surface area contributed by atoms with E-state index < -0.39 is 0 Å². The number of furan rings is 1. The van der Waals surface area contributed by atoms with E-state index in [0.717, 1.165) is 71.6 Å². The molecule has 0 radical (unpaired) electrons. The van der Waals surface area contributed by atoms with E-state index in [4.69, 9.17) is 11.0 Å². The van der Waals surface area contributed by atoms with Crippen molar-refractivity contribution in [2.45, 2.75) is 0 Å². The van der Waals surface area contributed by atoms with Crippen LogP contribution in [0.5, 0.6) is 0 Å². The van der Waals surface area contributed by atoms with Gasteiger partial charge in [-0.3, -0.25) is 0 Å². The fraction of sp³-hybridized carbons (Fsp3) is 0. The Morgan fingerprint density at radius 1 is 0.551 bits per heavy atom. The fourth-order valence-electron chi connectivity index (χ4n) is 7.73. The number of rotatable bonds is 3. The van der Waals surface area contributed by atoms with Gasteiger partial charge in [-0.1, -0.05) is 97.1 Å². The molecule has 10 rings (SSSR count). The smallest absolute Gasteiger partial charge is 0.197 e. The van der Waals surface area contributed by atoms with Crippen LogP contribution in [0.2, 0.25) is 0 Å². The van der Waals surface area contributed by atoms with Gasteiger partial charge in [0.25, 0.3) is 0 Å². The van der Waals surface area contributed by atoms with Crippen LogP contribution in [0.4, 0.5) is 5.69 Å². The van der Waals surface area contributed by atoms with Gasteiger partial charge in [-0.2, -0.15) is 5.26 Å². The van der Waals surface area contributed by atoms with Gasteiger partial charge in [0.1, 0.15) is 17.2 Å². The summed E-state index contributed by atoms with van der Waals surface area (Å²) >= 11 is 0. The Hall–Kier alpha value is -7.08. The van der Waals surface area contributed by atoms with Crippen molar-refractivity contribution in [3.05, 3.63) is 163 Å². The highest BCUT2D eigenvalue weighted by Gasteiger charge is 2.24. The summed E-state index contributed by atoms with van der Waals surface area (Å²) in [4.78, 5) is 3.99. The van der Waals surface area contributed by atoms with Crippen molar-refractivity contribution in [3.63, 3.8) is 0 Å². The van der Waals surface area contributed by atoms with Crippen LogP contribution in [0.1, 0.15) is 5.56 Å². The number of para-hydroxylation sites is 4. The van der Waals surface area contributed by atoms with Gasteiger partial charge in [0, 0.05) is 38.2 Å². The molecular formula is C44H24N4O. The number of hydrogen-bond donors (Lipinski definition) is 0. The van der Waals surface area contributed by atoms with Crippen LogP contribution in [-0.4, -0.2) is 9.13 Å². The Labute approximate surface area is 280 Å². The molecule has 3 heterocycles. The van der Waals surface area contributed by atoms with Crippen molar-refractivity contribution >= 4 is 71.2 Å². The first kappa shape index (κ1) is 27.1. The molecule has 0 saturated carbocycles. The van der Waals surface area contributed by atoms with Gasteiger partial charge in [0.05, 0.1) is 45.3 Å². The molecule has 49 heavy (non-hydrogen) atoms. The van der Waals surface area contributed by atoms with Crippen LogP contribution in [0, 0.1) is 17.9 Å². The van der Waals surface area contributed by atoms with E-state index in [9.17, 15) is 5.26 Å². The summed E-state index contributed by atoms with van der Waals surface area (Å²) in [6.07, 6.45) is 0. The zero-order valence-corrected chi connectivity index (χ0v) is 26.1. The maximum Gasteiger partial charge on any atom is 0.197 e. The van der Waals surface area contributed by atoms with Gasteiger partial charge < -0.3 is 13.6 Å². The molecule has 5 nitrogen and oxygen atoms in total. The average molecular weight is 625 g/mol. The van der Waals surface area contributed by atoms with Crippen LogP contribution < -0.4 is 0 Å². The zero-order chi connectivity index (χ0) is 32.6. The number of benzene rings is 7. The largest absolute Gasteiger partial charge is 0.455 e. The summed E-state index contributed by atoms with van der Waals surface area (Å²) in [5.74, 6) is 0. The molecule has 0 N–H and O–H groups in total. The molecule has 0 spiro atoms. The lowest BCUT2D eigenvalue weighted by Gasteiger charge is -2.18. The van der Waals surface area contributed by atoms with Gasteiger partial charge >= 0.3 is 0 Å². The number of nitriles is 1.